The summed E-state index contributed by atoms with van der Waals surface area (Å²) in [6.07, 6.45) is 3.29. The lowest BCUT2D eigenvalue weighted by Crippen LogP contribution is -2.40. The second-order valence-corrected chi connectivity index (χ2v) is 7.05. The second-order valence-electron chi connectivity index (χ2n) is 6.13. The zero-order valence-corrected chi connectivity index (χ0v) is 13.9. The van der Waals surface area contributed by atoms with Gasteiger partial charge in [0.2, 0.25) is 0 Å². The Morgan fingerprint density at radius 2 is 2.29 bits per heavy atom. The molecule has 0 saturated heterocycles. The Morgan fingerprint density at radius 3 is 2.92 bits per heavy atom. The molecule has 2 unspecified atom stereocenters. The number of carboxylic acid groups (broad SMARTS) is 1. The van der Waals surface area contributed by atoms with E-state index in [4.69, 9.17) is 5.11 Å². The number of rotatable bonds is 6. The maximum absolute atomic E-state index is 13.7. The molecule has 3 rings (SSSR count). The van der Waals surface area contributed by atoms with Gasteiger partial charge in [0.05, 0.1) is 6.54 Å². The SMILES string of the molecule is CC(C1CC1)C(O)(Cn1ncnc1SC(=O)O)c1cccc(F)c1. The maximum atomic E-state index is 13.7. The van der Waals surface area contributed by atoms with Crippen LogP contribution in [0.5, 0.6) is 0 Å². The Labute approximate surface area is 142 Å². The minimum absolute atomic E-state index is 0.0176. The van der Waals surface area contributed by atoms with Crippen molar-refractivity contribution in [2.45, 2.75) is 37.1 Å². The van der Waals surface area contributed by atoms with Crippen LogP contribution in [0, 0.1) is 17.7 Å². The molecule has 1 aliphatic rings. The predicted octanol–water partition coefficient (Wildman–Crippen LogP) is 3.12. The van der Waals surface area contributed by atoms with Crippen molar-refractivity contribution >= 4 is 17.1 Å². The van der Waals surface area contributed by atoms with Gasteiger partial charge in [0, 0.05) is 11.8 Å². The third-order valence-electron chi connectivity index (χ3n) is 4.56. The Bertz CT molecular complexity index is 750. The molecule has 24 heavy (non-hydrogen) atoms. The summed E-state index contributed by atoms with van der Waals surface area (Å²) in [6.45, 7) is 1.95. The molecule has 1 heterocycles. The fourth-order valence-electron chi connectivity index (χ4n) is 2.99. The molecule has 0 radical (unpaired) electrons. The Kier molecular flexibility index (Phi) is 4.60. The minimum Gasteiger partial charge on any atom is -0.473 e. The van der Waals surface area contributed by atoms with Crippen molar-refractivity contribution < 1.29 is 19.4 Å². The van der Waals surface area contributed by atoms with E-state index >= 15 is 0 Å². The first-order chi connectivity index (χ1) is 11.4. The first kappa shape index (κ1) is 16.9. The van der Waals surface area contributed by atoms with E-state index in [1.807, 2.05) is 6.92 Å². The van der Waals surface area contributed by atoms with E-state index in [1.165, 1.54) is 23.1 Å². The lowest BCUT2D eigenvalue weighted by atomic mass is 9.79. The topological polar surface area (TPSA) is 88.2 Å². The lowest BCUT2D eigenvalue weighted by molar-refractivity contribution is -0.0464. The van der Waals surface area contributed by atoms with Crippen LogP contribution in [-0.4, -0.2) is 30.3 Å². The van der Waals surface area contributed by atoms with Crippen LogP contribution in [0.2, 0.25) is 0 Å². The van der Waals surface area contributed by atoms with Crippen LogP contribution in [0.15, 0.2) is 35.7 Å². The standard InChI is InChI=1S/C16H18FN3O3S/c1-10(11-5-6-11)16(23,12-3-2-4-13(17)7-12)8-20-14(18-9-19-20)24-15(21)22/h2-4,7,9-11,23H,5-6,8H2,1H3,(H,21,22). The molecule has 2 atom stereocenters. The molecule has 128 valence electrons. The highest BCUT2D eigenvalue weighted by atomic mass is 32.2. The predicted molar refractivity (Wildman–Crippen MR) is 86.1 cm³/mol. The van der Waals surface area contributed by atoms with Gasteiger partial charge in [-0.05, 0) is 42.4 Å². The van der Waals surface area contributed by atoms with Gasteiger partial charge in [-0.3, -0.25) is 0 Å². The normalized spacial score (nSPS) is 18.1. The van der Waals surface area contributed by atoms with Gasteiger partial charge in [0.1, 0.15) is 17.7 Å². The largest absolute Gasteiger partial charge is 0.473 e. The smallest absolute Gasteiger partial charge is 0.372 e. The van der Waals surface area contributed by atoms with Crippen molar-refractivity contribution in [1.82, 2.24) is 14.8 Å². The van der Waals surface area contributed by atoms with Crippen molar-refractivity contribution in [2.24, 2.45) is 11.8 Å². The molecular formula is C16H18FN3O3S. The number of aromatic nitrogens is 3. The van der Waals surface area contributed by atoms with Crippen molar-refractivity contribution in [3.8, 4) is 0 Å². The number of hydrogen-bond donors (Lipinski definition) is 2. The van der Waals surface area contributed by atoms with Gasteiger partial charge in [0.25, 0.3) is 0 Å². The van der Waals surface area contributed by atoms with Crippen LogP contribution in [0.3, 0.4) is 0 Å². The highest BCUT2D eigenvalue weighted by molar-refractivity contribution is 8.13. The third-order valence-corrected chi connectivity index (χ3v) is 5.23. The summed E-state index contributed by atoms with van der Waals surface area (Å²) in [5.74, 6) is -0.184. The van der Waals surface area contributed by atoms with Crippen LogP contribution in [0.1, 0.15) is 25.3 Å². The molecule has 0 spiro atoms. The van der Waals surface area contributed by atoms with E-state index in [2.05, 4.69) is 10.1 Å². The second kappa shape index (κ2) is 6.52. The molecule has 1 saturated carbocycles. The van der Waals surface area contributed by atoms with E-state index < -0.39 is 16.7 Å². The van der Waals surface area contributed by atoms with Crippen LogP contribution in [0.25, 0.3) is 0 Å². The van der Waals surface area contributed by atoms with Gasteiger partial charge in [0.15, 0.2) is 5.16 Å². The van der Waals surface area contributed by atoms with E-state index in [0.29, 0.717) is 23.2 Å². The van der Waals surface area contributed by atoms with E-state index in [1.54, 1.807) is 12.1 Å². The average Bonchev–Trinajstić information content (AvgIpc) is 3.29. The van der Waals surface area contributed by atoms with Crippen LogP contribution >= 0.6 is 11.8 Å². The molecular weight excluding hydrogens is 333 g/mol. The molecule has 2 N–H and O–H groups in total. The van der Waals surface area contributed by atoms with Crippen molar-refractivity contribution in [3.63, 3.8) is 0 Å². The van der Waals surface area contributed by atoms with E-state index in [0.717, 1.165) is 12.8 Å². The molecule has 1 aliphatic carbocycles. The van der Waals surface area contributed by atoms with Crippen molar-refractivity contribution in [2.75, 3.05) is 0 Å². The Hall–Kier alpha value is -1.93. The van der Waals surface area contributed by atoms with Crippen LogP contribution < -0.4 is 0 Å². The zero-order chi connectivity index (χ0) is 17.3. The summed E-state index contributed by atoms with van der Waals surface area (Å²) >= 11 is 0.527. The maximum Gasteiger partial charge on any atom is 0.372 e. The molecule has 2 aromatic rings. The Balaban J connectivity index is 1.96. The fourth-order valence-corrected chi connectivity index (χ4v) is 3.46. The molecule has 1 aromatic carbocycles. The molecule has 6 nitrogen and oxygen atoms in total. The van der Waals surface area contributed by atoms with Crippen LogP contribution in [0.4, 0.5) is 9.18 Å². The number of nitrogens with zero attached hydrogens (tertiary/aromatic N) is 3. The summed E-state index contributed by atoms with van der Waals surface area (Å²) in [5, 5.41) is 23.5. The summed E-state index contributed by atoms with van der Waals surface area (Å²) < 4.78 is 15.0. The number of carbonyl (C=O) groups is 1. The van der Waals surface area contributed by atoms with Crippen molar-refractivity contribution in [1.29, 1.82) is 0 Å². The van der Waals surface area contributed by atoms with Gasteiger partial charge in [-0.2, -0.15) is 5.10 Å². The highest BCUT2D eigenvalue weighted by Gasteiger charge is 2.45. The molecule has 0 aliphatic heterocycles. The third kappa shape index (κ3) is 3.44. The molecule has 1 aromatic heterocycles. The first-order valence-electron chi connectivity index (χ1n) is 7.67. The van der Waals surface area contributed by atoms with Gasteiger partial charge < -0.3 is 10.2 Å². The summed E-state index contributed by atoms with van der Waals surface area (Å²) in [6, 6.07) is 5.89. The minimum atomic E-state index is -1.36. The molecule has 0 amide bonds. The molecule has 1 fully saturated rings. The lowest BCUT2D eigenvalue weighted by Gasteiger charge is -2.35. The zero-order valence-electron chi connectivity index (χ0n) is 13.1. The van der Waals surface area contributed by atoms with Gasteiger partial charge >= 0.3 is 5.30 Å². The summed E-state index contributed by atoms with van der Waals surface area (Å²) in [7, 11) is 0. The Morgan fingerprint density at radius 1 is 1.54 bits per heavy atom. The van der Waals surface area contributed by atoms with E-state index in [9.17, 15) is 14.3 Å². The number of hydrogen-bond acceptors (Lipinski definition) is 5. The molecule has 8 heteroatoms. The number of halogens is 1. The summed E-state index contributed by atoms with van der Waals surface area (Å²) in [4.78, 5) is 14.8. The quantitative estimate of drug-likeness (QED) is 0.778. The van der Waals surface area contributed by atoms with Gasteiger partial charge in [-0.15, -0.1) is 0 Å². The van der Waals surface area contributed by atoms with Crippen LogP contribution in [-0.2, 0) is 12.1 Å². The average molecular weight is 351 g/mol. The van der Waals surface area contributed by atoms with E-state index in [-0.39, 0.29) is 17.6 Å². The number of aliphatic hydroxyl groups is 1. The number of thioether (sulfide) groups is 1. The first-order valence-corrected chi connectivity index (χ1v) is 8.49. The number of benzene rings is 1. The molecule has 0 bridgehead atoms. The van der Waals surface area contributed by atoms with Crippen molar-refractivity contribution in [3.05, 3.63) is 42.0 Å². The monoisotopic (exact) mass is 351 g/mol. The fraction of sp³-hybridized carbons (Fsp3) is 0.438. The summed E-state index contributed by atoms with van der Waals surface area (Å²) in [5.41, 5.74) is -0.895. The van der Waals surface area contributed by atoms with Gasteiger partial charge in [-0.1, -0.05) is 19.1 Å². The van der Waals surface area contributed by atoms with Gasteiger partial charge in [-0.25, -0.2) is 18.9 Å². The highest BCUT2D eigenvalue weighted by Crippen LogP contribution is 2.46.